The summed E-state index contributed by atoms with van der Waals surface area (Å²) in [6, 6.07) is 10.9. The molecule has 0 fully saturated rings. The number of hydrogen-bond donors (Lipinski definition) is 1. The lowest BCUT2D eigenvalue weighted by Crippen LogP contribution is -2.01. The third-order valence-electron chi connectivity index (χ3n) is 2.92. The van der Waals surface area contributed by atoms with Crippen molar-refractivity contribution in [2.75, 3.05) is 6.61 Å². The number of halogens is 2. The van der Waals surface area contributed by atoms with Crippen molar-refractivity contribution in [1.29, 1.82) is 0 Å². The molecule has 0 atom stereocenters. The average molecular weight is 339 g/mol. The molecule has 0 bridgehead atoms. The van der Waals surface area contributed by atoms with Gasteiger partial charge in [0.15, 0.2) is 11.5 Å². The van der Waals surface area contributed by atoms with Gasteiger partial charge >= 0.3 is 0 Å². The van der Waals surface area contributed by atoms with Crippen LogP contribution in [0.1, 0.15) is 18.1 Å². The quantitative estimate of drug-likeness (QED) is 0.486. The van der Waals surface area contributed by atoms with Crippen molar-refractivity contribution in [3.8, 4) is 11.5 Å². The van der Waals surface area contributed by atoms with E-state index in [9.17, 15) is 0 Å². The van der Waals surface area contributed by atoms with E-state index in [0.29, 0.717) is 40.3 Å². The zero-order valence-electron chi connectivity index (χ0n) is 12.1. The molecular weight excluding hydrogens is 323 g/mol. The van der Waals surface area contributed by atoms with Crippen molar-refractivity contribution in [1.82, 2.24) is 0 Å². The summed E-state index contributed by atoms with van der Waals surface area (Å²) < 4.78 is 11.4. The summed E-state index contributed by atoms with van der Waals surface area (Å²) >= 11 is 12.3. The lowest BCUT2D eigenvalue weighted by atomic mass is 10.2. The fraction of sp³-hybridized carbons (Fsp3) is 0.188. The van der Waals surface area contributed by atoms with E-state index in [4.69, 9.17) is 38.5 Å². The molecular formula is C16H16Cl2N2O2. The summed E-state index contributed by atoms with van der Waals surface area (Å²) in [7, 11) is 0. The van der Waals surface area contributed by atoms with Crippen LogP contribution in [-0.2, 0) is 6.61 Å². The second-order valence-corrected chi connectivity index (χ2v) is 5.23. The SMILES string of the molecule is CCOc1cc(C=NN)c(Cl)cc1OCc1ccccc1Cl. The van der Waals surface area contributed by atoms with Crippen molar-refractivity contribution in [2.45, 2.75) is 13.5 Å². The Hall–Kier alpha value is -1.91. The topological polar surface area (TPSA) is 56.8 Å². The van der Waals surface area contributed by atoms with Crippen molar-refractivity contribution < 1.29 is 9.47 Å². The molecule has 116 valence electrons. The highest BCUT2D eigenvalue weighted by molar-refractivity contribution is 6.33. The van der Waals surface area contributed by atoms with Gasteiger partial charge in [-0.25, -0.2) is 0 Å². The molecule has 0 aromatic heterocycles. The van der Waals surface area contributed by atoms with Crippen LogP contribution in [0.4, 0.5) is 0 Å². The van der Waals surface area contributed by atoms with Gasteiger partial charge in [-0.05, 0) is 19.1 Å². The van der Waals surface area contributed by atoms with Crippen LogP contribution >= 0.6 is 23.2 Å². The minimum absolute atomic E-state index is 0.320. The van der Waals surface area contributed by atoms with E-state index in [1.807, 2.05) is 31.2 Å². The van der Waals surface area contributed by atoms with E-state index in [-0.39, 0.29) is 0 Å². The minimum atomic E-state index is 0.320. The predicted molar refractivity (Wildman–Crippen MR) is 90.2 cm³/mol. The van der Waals surface area contributed by atoms with Crippen LogP contribution in [0.25, 0.3) is 0 Å². The van der Waals surface area contributed by atoms with Crippen molar-refractivity contribution in [3.63, 3.8) is 0 Å². The van der Waals surface area contributed by atoms with E-state index in [1.54, 1.807) is 12.1 Å². The highest BCUT2D eigenvalue weighted by Gasteiger charge is 2.11. The highest BCUT2D eigenvalue weighted by Crippen LogP contribution is 2.34. The molecule has 0 aliphatic heterocycles. The minimum Gasteiger partial charge on any atom is -0.490 e. The van der Waals surface area contributed by atoms with Gasteiger partial charge in [0.25, 0.3) is 0 Å². The molecule has 0 saturated heterocycles. The van der Waals surface area contributed by atoms with Crippen LogP contribution in [0.2, 0.25) is 10.0 Å². The third-order valence-corrected chi connectivity index (χ3v) is 3.61. The van der Waals surface area contributed by atoms with Gasteiger partial charge in [0.1, 0.15) is 6.61 Å². The zero-order valence-corrected chi connectivity index (χ0v) is 13.6. The number of nitrogens with two attached hydrogens (primary N) is 1. The molecule has 0 amide bonds. The van der Waals surface area contributed by atoms with E-state index < -0.39 is 0 Å². The number of nitrogens with zero attached hydrogens (tertiary/aromatic N) is 1. The second-order valence-electron chi connectivity index (χ2n) is 4.41. The summed E-state index contributed by atoms with van der Waals surface area (Å²) in [6.45, 7) is 2.72. The number of hydrogen-bond acceptors (Lipinski definition) is 4. The molecule has 2 aromatic carbocycles. The molecule has 0 saturated carbocycles. The van der Waals surface area contributed by atoms with Gasteiger partial charge in [-0.2, -0.15) is 5.10 Å². The Bertz CT molecular complexity index is 675. The molecule has 0 radical (unpaired) electrons. The Morgan fingerprint density at radius 3 is 2.50 bits per heavy atom. The average Bonchev–Trinajstić information content (AvgIpc) is 2.50. The molecule has 0 spiro atoms. The van der Waals surface area contributed by atoms with Crippen LogP contribution in [0.3, 0.4) is 0 Å². The first kappa shape index (κ1) is 16.5. The lowest BCUT2D eigenvalue weighted by molar-refractivity contribution is 0.269. The van der Waals surface area contributed by atoms with Gasteiger partial charge in [-0.1, -0.05) is 41.4 Å². The Balaban J connectivity index is 2.25. The maximum Gasteiger partial charge on any atom is 0.163 e. The van der Waals surface area contributed by atoms with Crippen molar-refractivity contribution in [3.05, 3.63) is 57.6 Å². The van der Waals surface area contributed by atoms with Gasteiger partial charge in [0.2, 0.25) is 0 Å². The lowest BCUT2D eigenvalue weighted by Gasteiger charge is -2.14. The maximum absolute atomic E-state index is 6.18. The van der Waals surface area contributed by atoms with E-state index >= 15 is 0 Å². The van der Waals surface area contributed by atoms with Crippen LogP contribution in [0, 0.1) is 0 Å². The molecule has 0 aliphatic carbocycles. The molecule has 2 aromatic rings. The molecule has 22 heavy (non-hydrogen) atoms. The zero-order chi connectivity index (χ0) is 15.9. The van der Waals surface area contributed by atoms with Crippen molar-refractivity contribution in [2.24, 2.45) is 10.9 Å². The first-order valence-electron chi connectivity index (χ1n) is 6.71. The number of hydrazone groups is 1. The van der Waals surface area contributed by atoms with Crippen LogP contribution in [0.5, 0.6) is 11.5 Å². The molecule has 0 unspecified atom stereocenters. The fourth-order valence-electron chi connectivity index (χ4n) is 1.88. The first-order chi connectivity index (χ1) is 10.7. The van der Waals surface area contributed by atoms with E-state index in [2.05, 4.69) is 5.10 Å². The van der Waals surface area contributed by atoms with Crippen molar-refractivity contribution >= 4 is 29.4 Å². The highest BCUT2D eigenvalue weighted by atomic mass is 35.5. The number of ether oxygens (including phenoxy) is 2. The normalized spacial score (nSPS) is 10.9. The van der Waals surface area contributed by atoms with Gasteiger partial charge in [0, 0.05) is 22.2 Å². The number of rotatable bonds is 6. The molecule has 4 nitrogen and oxygen atoms in total. The predicted octanol–water partition coefficient (Wildman–Crippen LogP) is 4.26. The second kappa shape index (κ2) is 7.92. The maximum atomic E-state index is 6.18. The Labute approximate surface area is 139 Å². The van der Waals surface area contributed by atoms with Crippen LogP contribution in [-0.4, -0.2) is 12.8 Å². The van der Waals surface area contributed by atoms with Gasteiger partial charge in [-0.3, -0.25) is 0 Å². The van der Waals surface area contributed by atoms with Crippen LogP contribution < -0.4 is 15.3 Å². The summed E-state index contributed by atoms with van der Waals surface area (Å²) in [5.41, 5.74) is 1.55. The molecule has 0 heterocycles. The Kier molecular flexibility index (Phi) is 5.92. The largest absolute Gasteiger partial charge is 0.490 e. The summed E-state index contributed by atoms with van der Waals surface area (Å²) in [4.78, 5) is 0. The Morgan fingerprint density at radius 2 is 1.82 bits per heavy atom. The molecule has 0 aliphatic rings. The van der Waals surface area contributed by atoms with Gasteiger partial charge in [0.05, 0.1) is 17.8 Å². The monoisotopic (exact) mass is 338 g/mol. The molecule has 6 heteroatoms. The summed E-state index contributed by atoms with van der Waals surface area (Å²) in [6.07, 6.45) is 1.46. The standard InChI is InChI=1S/C16H16Cl2N2O2/c1-2-21-15-7-12(9-20-19)14(18)8-16(15)22-10-11-5-3-4-6-13(11)17/h3-9H,2,10,19H2,1H3. The van der Waals surface area contributed by atoms with Gasteiger partial charge < -0.3 is 15.3 Å². The summed E-state index contributed by atoms with van der Waals surface area (Å²) in [5, 5.41) is 4.61. The fourth-order valence-corrected chi connectivity index (χ4v) is 2.27. The van der Waals surface area contributed by atoms with Gasteiger partial charge in [-0.15, -0.1) is 0 Å². The molecule has 2 N–H and O–H groups in total. The van der Waals surface area contributed by atoms with E-state index in [0.717, 1.165) is 5.56 Å². The van der Waals surface area contributed by atoms with E-state index in [1.165, 1.54) is 6.21 Å². The first-order valence-corrected chi connectivity index (χ1v) is 7.47. The number of benzene rings is 2. The summed E-state index contributed by atoms with van der Waals surface area (Å²) in [5.74, 6) is 6.29. The molecule has 2 rings (SSSR count). The third kappa shape index (κ3) is 4.06. The Morgan fingerprint density at radius 1 is 1.09 bits per heavy atom. The van der Waals surface area contributed by atoms with Crippen LogP contribution in [0.15, 0.2) is 41.5 Å². The smallest absolute Gasteiger partial charge is 0.163 e.